The number of allylic oxidation sites excluding steroid dienone is 2. The zero-order chi connectivity index (χ0) is 26.9. The Labute approximate surface area is 231 Å². The Balaban J connectivity index is 1.39. The number of carbonyl (C=O) groups excluding carboxylic acids is 1. The normalized spacial score (nSPS) is 19.2. The van der Waals surface area contributed by atoms with Gasteiger partial charge in [-0.2, -0.15) is 0 Å². The summed E-state index contributed by atoms with van der Waals surface area (Å²) < 4.78 is 34.2. The molecular weight excluding hydrogens is 547 g/mol. The smallest absolute Gasteiger partial charge is 0.415 e. The molecule has 1 aliphatic heterocycles. The fraction of sp³-hybridized carbons (Fsp3) is 0.321. The first kappa shape index (κ1) is 26.7. The number of H-pyrrole nitrogens is 1. The number of amides is 1. The topological polar surface area (TPSA) is 88.7 Å². The van der Waals surface area contributed by atoms with Gasteiger partial charge in [-0.1, -0.05) is 29.3 Å². The molecule has 7 nitrogen and oxygen atoms in total. The van der Waals surface area contributed by atoms with Gasteiger partial charge >= 0.3 is 6.09 Å². The Kier molecular flexibility index (Phi) is 7.75. The van der Waals surface area contributed by atoms with E-state index in [1.165, 1.54) is 6.26 Å². The minimum absolute atomic E-state index is 0.0290. The number of fused-ring (bicyclic) bond motifs is 3. The van der Waals surface area contributed by atoms with Gasteiger partial charge < -0.3 is 14.5 Å². The predicted molar refractivity (Wildman–Crippen MR) is 150 cm³/mol. The Hall–Kier alpha value is -2.94. The Morgan fingerprint density at radius 3 is 2.61 bits per heavy atom. The molecule has 2 aliphatic rings. The van der Waals surface area contributed by atoms with Crippen molar-refractivity contribution in [2.24, 2.45) is 5.92 Å². The lowest BCUT2D eigenvalue weighted by Gasteiger charge is -2.39. The number of halogens is 2. The lowest BCUT2D eigenvalue weighted by molar-refractivity contribution is 0.110. The molecule has 5 rings (SSSR count). The quantitative estimate of drug-likeness (QED) is 0.326. The zero-order valence-corrected chi connectivity index (χ0v) is 23.2. The van der Waals surface area contributed by atoms with Crippen molar-refractivity contribution in [3.05, 3.63) is 87.8 Å². The largest absolute Gasteiger partial charge is 0.494 e. The molecule has 1 amide bonds. The third-order valence-electron chi connectivity index (χ3n) is 6.82. The number of hydrogen-bond acceptors (Lipinski definition) is 5. The van der Waals surface area contributed by atoms with E-state index in [0.29, 0.717) is 54.0 Å². The van der Waals surface area contributed by atoms with Gasteiger partial charge in [0, 0.05) is 45.4 Å². The van der Waals surface area contributed by atoms with Crippen LogP contribution in [-0.2, 0) is 21.0 Å². The second-order valence-electron chi connectivity index (χ2n) is 9.61. The van der Waals surface area contributed by atoms with Crippen molar-refractivity contribution in [1.82, 2.24) is 9.88 Å². The van der Waals surface area contributed by atoms with Crippen molar-refractivity contribution in [3.8, 4) is 5.75 Å². The van der Waals surface area contributed by atoms with Gasteiger partial charge in [-0.3, -0.25) is 4.90 Å². The molecule has 0 fully saturated rings. The number of nitrogens with zero attached hydrogens (tertiary/aromatic N) is 1. The maximum Gasteiger partial charge on any atom is 0.415 e. The van der Waals surface area contributed by atoms with Gasteiger partial charge in [-0.05, 0) is 79.4 Å². The summed E-state index contributed by atoms with van der Waals surface area (Å²) in [6, 6.07) is 12.2. The van der Waals surface area contributed by atoms with Crippen LogP contribution in [0.2, 0.25) is 10.0 Å². The van der Waals surface area contributed by atoms with Gasteiger partial charge in [-0.15, -0.1) is 0 Å². The van der Waals surface area contributed by atoms with Crippen molar-refractivity contribution < 1.29 is 22.7 Å². The van der Waals surface area contributed by atoms with Gasteiger partial charge in [0.25, 0.3) is 0 Å². The van der Waals surface area contributed by atoms with Crippen LogP contribution in [0.1, 0.15) is 30.1 Å². The first-order valence-corrected chi connectivity index (χ1v) is 15.2. The van der Waals surface area contributed by atoms with E-state index in [9.17, 15) is 13.2 Å². The molecule has 0 saturated heterocycles. The molecule has 2 atom stereocenters. The van der Waals surface area contributed by atoms with E-state index in [4.69, 9.17) is 32.7 Å². The molecule has 200 valence electrons. The van der Waals surface area contributed by atoms with Gasteiger partial charge in [0.2, 0.25) is 0 Å². The highest BCUT2D eigenvalue weighted by Gasteiger charge is 2.39. The monoisotopic (exact) mass is 574 g/mol. The predicted octanol–water partition coefficient (Wildman–Crippen LogP) is 6.48. The molecule has 0 spiro atoms. The zero-order valence-electron chi connectivity index (χ0n) is 20.8. The summed E-state index contributed by atoms with van der Waals surface area (Å²) in [5, 5.41) is 2.29. The molecule has 0 saturated carbocycles. The first-order chi connectivity index (χ1) is 18.2. The summed E-state index contributed by atoms with van der Waals surface area (Å²) in [7, 11) is -3.02. The van der Waals surface area contributed by atoms with E-state index in [1.54, 1.807) is 29.2 Å². The van der Waals surface area contributed by atoms with Crippen molar-refractivity contribution in [2.75, 3.05) is 25.2 Å². The fourth-order valence-electron chi connectivity index (χ4n) is 5.07. The first-order valence-electron chi connectivity index (χ1n) is 12.4. The number of rotatable bonds is 7. The number of hydrogen-bond donors (Lipinski definition) is 1. The average molecular weight is 576 g/mol. The molecule has 1 aliphatic carbocycles. The Morgan fingerprint density at radius 1 is 1.13 bits per heavy atom. The van der Waals surface area contributed by atoms with Crippen molar-refractivity contribution in [2.45, 2.75) is 25.3 Å². The van der Waals surface area contributed by atoms with Gasteiger partial charge in [0.15, 0.2) is 0 Å². The van der Waals surface area contributed by atoms with Crippen molar-refractivity contribution in [3.63, 3.8) is 0 Å². The van der Waals surface area contributed by atoms with Crippen LogP contribution in [0, 0.1) is 5.92 Å². The molecule has 10 heteroatoms. The summed E-state index contributed by atoms with van der Waals surface area (Å²) in [6.45, 7) is 0.816. The van der Waals surface area contributed by atoms with E-state index in [2.05, 4.69) is 4.98 Å². The average Bonchev–Trinajstić information content (AvgIpc) is 3.25. The lowest BCUT2D eigenvalue weighted by atomic mass is 9.84. The highest BCUT2D eigenvalue weighted by atomic mass is 35.5. The van der Waals surface area contributed by atoms with Crippen LogP contribution in [0.4, 0.5) is 4.79 Å². The molecule has 0 radical (unpaired) electrons. The van der Waals surface area contributed by atoms with E-state index in [0.717, 1.165) is 22.2 Å². The molecule has 1 N–H and O–H groups in total. The fourth-order valence-corrected chi connectivity index (χ4v) is 6.01. The summed E-state index contributed by atoms with van der Waals surface area (Å²) in [5.41, 5.74) is 3.10. The molecule has 2 heterocycles. The standard InChI is InChI=1S/C28H28Cl2N2O5S/c1-38(34,35)16-2-15-36-21-8-3-18(4-9-21)27-26-23(24-17-20(30)7-12-25(24)31-26)13-14-32(27)28(33)37-22-10-5-19(29)6-11-22/h3,5-12,17-18,27,31H,2,4,13-16H2,1H3/t18?,27-/m0/s1. The van der Waals surface area contributed by atoms with Crippen molar-refractivity contribution in [1.29, 1.82) is 0 Å². The lowest BCUT2D eigenvalue weighted by Crippen LogP contribution is -2.44. The number of nitrogens with one attached hydrogen (secondary N) is 1. The van der Waals surface area contributed by atoms with E-state index in [1.807, 2.05) is 36.4 Å². The van der Waals surface area contributed by atoms with Gasteiger partial charge in [0.1, 0.15) is 21.3 Å². The number of ether oxygens (including phenoxy) is 2. The van der Waals surface area contributed by atoms with Crippen LogP contribution < -0.4 is 4.74 Å². The summed E-state index contributed by atoms with van der Waals surface area (Å²) in [5.74, 6) is 1.19. The van der Waals surface area contributed by atoms with Gasteiger partial charge in [0.05, 0.1) is 18.4 Å². The number of sulfone groups is 1. The Morgan fingerprint density at radius 2 is 1.89 bits per heavy atom. The van der Waals surface area contributed by atoms with Crippen LogP contribution in [0.5, 0.6) is 5.75 Å². The summed E-state index contributed by atoms with van der Waals surface area (Å²) in [4.78, 5) is 18.7. The number of benzene rings is 2. The summed E-state index contributed by atoms with van der Waals surface area (Å²) in [6.07, 6.45) is 8.46. The molecule has 1 unspecified atom stereocenters. The molecule has 3 aromatic rings. The van der Waals surface area contributed by atoms with E-state index >= 15 is 0 Å². The summed E-state index contributed by atoms with van der Waals surface area (Å²) >= 11 is 12.3. The SMILES string of the molecule is CS(=O)(=O)CCCOC1=CCC([C@H]2c3[nH]c4ccc(Cl)cc4c3CCN2C(=O)Oc2ccc(Cl)cc2)C=C1. The highest BCUT2D eigenvalue weighted by molar-refractivity contribution is 7.90. The van der Waals surface area contributed by atoms with Crippen molar-refractivity contribution >= 4 is 50.0 Å². The second-order valence-corrected chi connectivity index (χ2v) is 12.7. The van der Waals surface area contributed by atoms with E-state index < -0.39 is 15.9 Å². The van der Waals surface area contributed by atoms with Crippen LogP contribution in [-0.4, -0.2) is 49.6 Å². The van der Waals surface area contributed by atoms with Crippen LogP contribution in [0.3, 0.4) is 0 Å². The van der Waals surface area contributed by atoms with Gasteiger partial charge in [-0.25, -0.2) is 13.2 Å². The highest BCUT2D eigenvalue weighted by Crippen LogP contribution is 2.42. The van der Waals surface area contributed by atoms with Crippen LogP contribution >= 0.6 is 23.2 Å². The van der Waals surface area contributed by atoms with Crippen LogP contribution in [0.25, 0.3) is 10.9 Å². The van der Waals surface area contributed by atoms with E-state index in [-0.39, 0.29) is 17.7 Å². The third kappa shape index (κ3) is 6.03. The minimum atomic E-state index is -3.02. The molecular formula is C28H28Cl2N2O5S. The maximum absolute atomic E-state index is 13.4. The number of carbonyl (C=O) groups is 1. The molecule has 1 aromatic heterocycles. The Bertz CT molecular complexity index is 1510. The van der Waals surface area contributed by atoms with Crippen LogP contribution in [0.15, 0.2) is 66.5 Å². The molecule has 0 bridgehead atoms. The second kappa shape index (κ2) is 11.0. The number of aromatic amines is 1. The minimum Gasteiger partial charge on any atom is -0.494 e. The molecule has 2 aromatic carbocycles. The maximum atomic E-state index is 13.4. The third-order valence-corrected chi connectivity index (χ3v) is 8.34. The molecule has 38 heavy (non-hydrogen) atoms. The number of aromatic nitrogens is 1.